The van der Waals surface area contributed by atoms with Crippen molar-refractivity contribution >= 4 is 77.8 Å². The standard InChI is InChI=1S/C17H14N2O7S2.Na/c18-12-3-1-10(2-4-12)17(20)19-16-9-14(28(24,25)26)8-11-7-13(27(21,22)23)5-6-15(11)16;/h1-9H,18H2,(H,19,20)(H,21,22,23)(H,24,25,26);. The maximum atomic E-state index is 12.5. The third-order valence-corrected chi connectivity index (χ3v) is 5.60. The molecule has 3 rings (SSSR count). The van der Waals surface area contributed by atoms with E-state index in [1.807, 2.05) is 0 Å². The van der Waals surface area contributed by atoms with Gasteiger partial charge in [0.25, 0.3) is 26.1 Å². The largest absolute Gasteiger partial charge is 0.399 e. The fourth-order valence-corrected chi connectivity index (χ4v) is 3.62. The molecular weight excluding hydrogens is 431 g/mol. The van der Waals surface area contributed by atoms with Gasteiger partial charge in [-0.15, -0.1) is 0 Å². The molecule has 0 bridgehead atoms. The molecule has 0 aliphatic rings. The molecule has 0 aromatic heterocycles. The van der Waals surface area contributed by atoms with Crippen molar-refractivity contribution in [3.63, 3.8) is 0 Å². The van der Waals surface area contributed by atoms with Crippen LogP contribution >= 0.6 is 0 Å². The van der Waals surface area contributed by atoms with Crippen LogP contribution < -0.4 is 11.1 Å². The topological polar surface area (TPSA) is 164 Å². The number of fused-ring (bicyclic) bond motifs is 1. The van der Waals surface area contributed by atoms with Crippen LogP contribution in [0, 0.1) is 0 Å². The summed E-state index contributed by atoms with van der Waals surface area (Å²) in [5.74, 6) is -0.576. The Morgan fingerprint density at radius 1 is 0.828 bits per heavy atom. The van der Waals surface area contributed by atoms with E-state index in [9.17, 15) is 30.7 Å². The number of hydrogen-bond acceptors (Lipinski definition) is 6. The van der Waals surface area contributed by atoms with Crippen LogP contribution in [0.5, 0.6) is 0 Å². The summed E-state index contributed by atoms with van der Waals surface area (Å²) in [5.41, 5.74) is 6.29. The average molecular weight is 445 g/mol. The van der Waals surface area contributed by atoms with Crippen LogP contribution in [0.1, 0.15) is 10.4 Å². The summed E-state index contributed by atoms with van der Waals surface area (Å²) in [6.45, 7) is 0. The van der Waals surface area contributed by atoms with Crippen molar-refractivity contribution in [3.05, 3.63) is 60.2 Å². The fraction of sp³-hybridized carbons (Fsp3) is 0. The molecule has 1 amide bonds. The zero-order chi connectivity index (χ0) is 20.7. The van der Waals surface area contributed by atoms with Crippen molar-refractivity contribution < 1.29 is 30.7 Å². The zero-order valence-corrected chi connectivity index (χ0v) is 18.7. The molecular formula is C17H14N2NaO7S2. The Morgan fingerprint density at radius 3 is 1.93 bits per heavy atom. The minimum absolute atomic E-state index is 0. The summed E-state index contributed by atoms with van der Waals surface area (Å²) in [4.78, 5) is 11.4. The normalized spacial score (nSPS) is 11.7. The van der Waals surface area contributed by atoms with Gasteiger partial charge in [0.15, 0.2) is 0 Å². The van der Waals surface area contributed by atoms with E-state index < -0.39 is 35.9 Å². The third-order valence-electron chi connectivity index (χ3n) is 3.91. The van der Waals surface area contributed by atoms with E-state index in [2.05, 4.69) is 5.32 Å². The number of anilines is 2. The van der Waals surface area contributed by atoms with Gasteiger partial charge in [-0.1, -0.05) is 6.07 Å². The number of amides is 1. The van der Waals surface area contributed by atoms with Gasteiger partial charge in [-0.05, 0) is 53.9 Å². The molecule has 0 aliphatic carbocycles. The predicted octanol–water partition coefficient (Wildman–Crippen LogP) is 1.79. The molecule has 3 aromatic carbocycles. The maximum Gasteiger partial charge on any atom is 0.294 e. The molecule has 9 nitrogen and oxygen atoms in total. The number of benzene rings is 3. The van der Waals surface area contributed by atoms with E-state index in [4.69, 9.17) is 5.73 Å². The summed E-state index contributed by atoms with van der Waals surface area (Å²) in [6, 6.07) is 11.5. The Labute approximate surface area is 188 Å². The van der Waals surface area contributed by atoms with Crippen molar-refractivity contribution in [1.29, 1.82) is 0 Å². The van der Waals surface area contributed by atoms with Crippen LogP contribution in [0.4, 0.5) is 11.4 Å². The van der Waals surface area contributed by atoms with Gasteiger partial charge < -0.3 is 11.1 Å². The first-order valence-corrected chi connectivity index (χ1v) is 10.5. The molecule has 12 heteroatoms. The monoisotopic (exact) mass is 445 g/mol. The van der Waals surface area contributed by atoms with Gasteiger partial charge in [0.05, 0.1) is 15.5 Å². The molecule has 0 unspecified atom stereocenters. The molecule has 0 saturated carbocycles. The van der Waals surface area contributed by atoms with E-state index >= 15 is 0 Å². The summed E-state index contributed by atoms with van der Waals surface area (Å²) >= 11 is 0. The quantitative estimate of drug-likeness (QED) is 0.268. The molecule has 0 spiro atoms. The van der Waals surface area contributed by atoms with Crippen molar-refractivity contribution in [2.75, 3.05) is 11.1 Å². The summed E-state index contributed by atoms with van der Waals surface area (Å²) < 4.78 is 64.4. The molecule has 0 fully saturated rings. The van der Waals surface area contributed by atoms with Crippen LogP contribution in [0.3, 0.4) is 0 Å². The maximum absolute atomic E-state index is 12.5. The molecule has 1 radical (unpaired) electrons. The number of nitrogens with one attached hydrogen (secondary N) is 1. The molecule has 3 aromatic rings. The van der Waals surface area contributed by atoms with Crippen molar-refractivity contribution in [2.45, 2.75) is 9.79 Å². The first-order valence-electron chi connectivity index (χ1n) is 7.65. The molecule has 0 atom stereocenters. The summed E-state index contributed by atoms with van der Waals surface area (Å²) in [5, 5.41) is 2.89. The van der Waals surface area contributed by atoms with Crippen LogP contribution in [-0.2, 0) is 20.2 Å². The van der Waals surface area contributed by atoms with Crippen LogP contribution in [0.25, 0.3) is 10.8 Å². The second-order valence-corrected chi connectivity index (χ2v) is 8.72. The van der Waals surface area contributed by atoms with E-state index in [-0.39, 0.29) is 46.2 Å². The predicted molar refractivity (Wildman–Crippen MR) is 108 cm³/mol. The Balaban J connectivity index is 0.00000300. The molecule has 5 N–H and O–H groups in total. The number of hydrogen-bond donors (Lipinski definition) is 4. The van der Waals surface area contributed by atoms with E-state index in [0.717, 1.165) is 24.3 Å². The van der Waals surface area contributed by atoms with Gasteiger partial charge in [0.2, 0.25) is 0 Å². The van der Waals surface area contributed by atoms with Gasteiger partial charge in [-0.3, -0.25) is 13.9 Å². The molecule has 29 heavy (non-hydrogen) atoms. The van der Waals surface area contributed by atoms with Gasteiger partial charge in [-0.25, -0.2) is 0 Å². The summed E-state index contributed by atoms with van der Waals surface area (Å²) in [6.07, 6.45) is 0. The van der Waals surface area contributed by atoms with E-state index in [1.54, 1.807) is 0 Å². The Hall–Kier alpha value is -1.99. The van der Waals surface area contributed by atoms with Crippen molar-refractivity contribution in [3.8, 4) is 0 Å². The Morgan fingerprint density at radius 2 is 1.38 bits per heavy atom. The number of rotatable bonds is 4. The van der Waals surface area contributed by atoms with Crippen LogP contribution in [0.15, 0.2) is 64.4 Å². The second kappa shape index (κ2) is 8.40. The molecule has 0 heterocycles. The molecule has 0 saturated heterocycles. The smallest absolute Gasteiger partial charge is 0.294 e. The van der Waals surface area contributed by atoms with Crippen LogP contribution in [0.2, 0.25) is 0 Å². The number of nitrogens with two attached hydrogens (primary N) is 1. The fourth-order valence-electron chi connectivity index (χ4n) is 2.56. The average Bonchev–Trinajstić information content (AvgIpc) is 2.60. The van der Waals surface area contributed by atoms with Crippen molar-refractivity contribution in [1.82, 2.24) is 0 Å². The van der Waals surface area contributed by atoms with Crippen LogP contribution in [-0.4, -0.2) is 61.4 Å². The number of carbonyl (C=O) groups excluding carboxylic acids is 1. The van der Waals surface area contributed by atoms with Gasteiger partial charge in [0, 0.05) is 46.2 Å². The third kappa shape index (κ3) is 5.34. The van der Waals surface area contributed by atoms with Crippen molar-refractivity contribution in [2.24, 2.45) is 0 Å². The second-order valence-electron chi connectivity index (χ2n) is 5.88. The molecule has 0 aliphatic heterocycles. The Bertz CT molecular complexity index is 1300. The van der Waals surface area contributed by atoms with E-state index in [1.165, 1.54) is 30.3 Å². The van der Waals surface area contributed by atoms with Gasteiger partial charge >= 0.3 is 0 Å². The van der Waals surface area contributed by atoms with Gasteiger partial charge in [0.1, 0.15) is 0 Å². The first-order chi connectivity index (χ1) is 12.9. The van der Waals surface area contributed by atoms with E-state index in [0.29, 0.717) is 11.1 Å². The SMILES string of the molecule is Nc1ccc(C(=O)Nc2cc(S(=O)(=O)O)cc3cc(S(=O)(=O)O)ccc23)cc1.[Na]. The first kappa shape index (κ1) is 23.3. The minimum Gasteiger partial charge on any atom is -0.399 e. The zero-order valence-electron chi connectivity index (χ0n) is 15.0. The molecule has 147 valence electrons. The number of nitrogen functional groups attached to an aromatic ring is 1. The Kier molecular flexibility index (Phi) is 6.75. The van der Waals surface area contributed by atoms with Gasteiger partial charge in [-0.2, -0.15) is 16.8 Å². The minimum atomic E-state index is -4.65. The summed E-state index contributed by atoms with van der Waals surface area (Å²) in [7, 11) is -9.19. The number of carbonyl (C=O) groups is 1.